The maximum Gasteiger partial charge on any atom is 0.326 e. The van der Waals surface area contributed by atoms with E-state index >= 15 is 0 Å². The van der Waals surface area contributed by atoms with Gasteiger partial charge in [0, 0.05) is 0 Å². The molecule has 0 spiro atoms. The van der Waals surface area contributed by atoms with Crippen molar-refractivity contribution in [2.75, 3.05) is 13.7 Å². The number of hydrogen-bond acceptors (Lipinski definition) is 5. The van der Waals surface area contributed by atoms with E-state index in [0.717, 1.165) is 17.3 Å². The van der Waals surface area contributed by atoms with Gasteiger partial charge in [0.1, 0.15) is 10.5 Å². The van der Waals surface area contributed by atoms with Crippen LogP contribution in [0.25, 0.3) is 0 Å². The third-order valence-electron chi connectivity index (χ3n) is 4.30. The van der Waals surface area contributed by atoms with E-state index in [4.69, 9.17) is 9.47 Å². The number of rotatable bonds is 3. The zero-order chi connectivity index (χ0) is 18.2. The Morgan fingerprint density at radius 3 is 2.25 bits per heavy atom. The minimum atomic E-state index is -1.12. The van der Waals surface area contributed by atoms with Crippen molar-refractivity contribution in [3.63, 3.8) is 0 Å². The number of carbonyl (C=O) groups is 2. The van der Waals surface area contributed by atoms with Gasteiger partial charge in [-0.1, -0.05) is 30.3 Å². The highest BCUT2D eigenvalue weighted by Crippen LogP contribution is 2.44. The third-order valence-corrected chi connectivity index (χ3v) is 5.46. The SMILES string of the molecule is COC(=O)[C@@](C)(SC(=O)N1C(C)(C)COC1(C)C)c1ccccc1. The van der Waals surface area contributed by atoms with E-state index in [9.17, 15) is 9.59 Å². The lowest BCUT2D eigenvalue weighted by molar-refractivity contribution is -0.143. The highest BCUT2D eigenvalue weighted by atomic mass is 32.2. The molecule has 0 aromatic heterocycles. The molecular weight excluding hydrogens is 326 g/mol. The van der Waals surface area contributed by atoms with E-state index in [0.29, 0.717) is 6.61 Å². The van der Waals surface area contributed by atoms with Crippen LogP contribution in [0.5, 0.6) is 0 Å². The molecule has 5 nitrogen and oxygen atoms in total. The van der Waals surface area contributed by atoms with Crippen LogP contribution >= 0.6 is 11.8 Å². The Morgan fingerprint density at radius 1 is 1.21 bits per heavy atom. The van der Waals surface area contributed by atoms with E-state index in [1.807, 2.05) is 58.0 Å². The zero-order valence-electron chi connectivity index (χ0n) is 15.1. The predicted molar refractivity (Wildman–Crippen MR) is 94.7 cm³/mol. The van der Waals surface area contributed by atoms with Gasteiger partial charge in [-0.2, -0.15) is 0 Å². The second-order valence-electron chi connectivity index (χ2n) is 7.14. The van der Waals surface area contributed by atoms with Gasteiger partial charge in [-0.05, 0) is 51.9 Å². The van der Waals surface area contributed by atoms with Crippen molar-refractivity contribution < 1.29 is 19.1 Å². The van der Waals surface area contributed by atoms with Crippen molar-refractivity contribution in [2.24, 2.45) is 0 Å². The number of esters is 1. The molecule has 1 amide bonds. The average molecular weight is 351 g/mol. The molecule has 2 rings (SSSR count). The highest BCUT2D eigenvalue weighted by molar-refractivity contribution is 8.14. The molecule has 0 saturated carbocycles. The maximum absolute atomic E-state index is 13.1. The summed E-state index contributed by atoms with van der Waals surface area (Å²) in [4.78, 5) is 27.3. The number of methoxy groups -OCH3 is 1. The molecule has 1 aromatic carbocycles. The first-order valence-electron chi connectivity index (χ1n) is 7.86. The Labute approximate surface area is 147 Å². The number of amides is 1. The van der Waals surface area contributed by atoms with E-state index < -0.39 is 22.0 Å². The summed E-state index contributed by atoms with van der Waals surface area (Å²) in [5.74, 6) is -0.456. The Bertz CT molecular complexity index is 613. The lowest BCUT2D eigenvalue weighted by Crippen LogP contribution is -2.52. The molecule has 1 fully saturated rings. The van der Waals surface area contributed by atoms with E-state index in [1.165, 1.54) is 7.11 Å². The fourth-order valence-electron chi connectivity index (χ4n) is 3.07. The van der Waals surface area contributed by atoms with Crippen LogP contribution in [0.4, 0.5) is 4.79 Å². The standard InChI is InChI=1S/C18H25NO4S/c1-16(2)12-23-17(3,4)19(16)15(21)24-18(5,14(20)22-6)13-10-8-7-9-11-13/h7-11H,12H2,1-6H3/t18-/m0/s1. The van der Waals surface area contributed by atoms with E-state index in [-0.39, 0.29) is 5.24 Å². The molecule has 0 aliphatic carbocycles. The van der Waals surface area contributed by atoms with Crippen LogP contribution in [0.1, 0.15) is 40.2 Å². The first kappa shape index (κ1) is 18.8. The summed E-state index contributed by atoms with van der Waals surface area (Å²) in [6.45, 7) is 9.80. The molecule has 0 radical (unpaired) electrons. The molecule has 0 unspecified atom stereocenters. The average Bonchev–Trinajstić information content (AvgIpc) is 2.75. The van der Waals surface area contributed by atoms with Crippen LogP contribution < -0.4 is 0 Å². The fourth-order valence-corrected chi connectivity index (χ4v) is 4.40. The summed E-state index contributed by atoms with van der Waals surface area (Å²) in [7, 11) is 1.33. The van der Waals surface area contributed by atoms with Gasteiger partial charge in [-0.3, -0.25) is 14.5 Å². The Balaban J connectivity index is 2.37. The predicted octanol–water partition coefficient (Wildman–Crippen LogP) is 3.77. The Hall–Kier alpha value is -1.53. The Kier molecular flexibility index (Phi) is 5.02. The summed E-state index contributed by atoms with van der Waals surface area (Å²) in [6, 6.07) is 9.21. The quantitative estimate of drug-likeness (QED) is 0.776. The van der Waals surface area contributed by atoms with E-state index in [2.05, 4.69) is 0 Å². The molecule has 24 heavy (non-hydrogen) atoms. The normalized spacial score (nSPS) is 21.2. The van der Waals surface area contributed by atoms with Gasteiger partial charge < -0.3 is 9.47 Å². The summed E-state index contributed by atoms with van der Waals surface area (Å²) < 4.78 is 9.62. The lowest BCUT2D eigenvalue weighted by atomic mass is 10.0. The summed E-state index contributed by atoms with van der Waals surface area (Å²) >= 11 is 0.967. The highest BCUT2D eigenvalue weighted by Gasteiger charge is 2.51. The van der Waals surface area contributed by atoms with Gasteiger partial charge in [-0.25, -0.2) is 0 Å². The van der Waals surface area contributed by atoms with Gasteiger partial charge in [0.05, 0.1) is 19.3 Å². The summed E-state index contributed by atoms with van der Waals surface area (Å²) in [6.07, 6.45) is 0. The molecule has 1 atom stereocenters. The van der Waals surface area contributed by atoms with Gasteiger partial charge in [0.2, 0.25) is 0 Å². The van der Waals surface area contributed by atoms with Gasteiger partial charge in [0.25, 0.3) is 5.24 Å². The number of nitrogens with zero attached hydrogens (tertiary/aromatic N) is 1. The molecule has 1 aliphatic heterocycles. The second-order valence-corrected chi connectivity index (χ2v) is 8.51. The van der Waals surface area contributed by atoms with Gasteiger partial charge in [-0.15, -0.1) is 0 Å². The number of benzene rings is 1. The molecule has 0 N–H and O–H groups in total. The first-order valence-corrected chi connectivity index (χ1v) is 8.67. The number of carbonyl (C=O) groups excluding carboxylic acids is 2. The largest absolute Gasteiger partial charge is 0.468 e. The fraction of sp³-hybridized carbons (Fsp3) is 0.556. The molecule has 1 aliphatic rings. The smallest absolute Gasteiger partial charge is 0.326 e. The topological polar surface area (TPSA) is 55.8 Å². The van der Waals surface area contributed by atoms with E-state index in [1.54, 1.807) is 11.8 Å². The minimum absolute atomic E-state index is 0.209. The monoisotopic (exact) mass is 351 g/mol. The third kappa shape index (κ3) is 3.30. The van der Waals surface area contributed by atoms with Crippen molar-refractivity contribution in [2.45, 2.75) is 50.6 Å². The van der Waals surface area contributed by atoms with Crippen LogP contribution in [0, 0.1) is 0 Å². The Morgan fingerprint density at radius 2 is 1.79 bits per heavy atom. The van der Waals surface area contributed by atoms with Crippen LogP contribution in [-0.2, 0) is 19.0 Å². The summed E-state index contributed by atoms with van der Waals surface area (Å²) in [5.41, 5.74) is -0.436. The van der Waals surface area contributed by atoms with Crippen molar-refractivity contribution in [3.05, 3.63) is 35.9 Å². The number of thioether (sulfide) groups is 1. The molecule has 6 heteroatoms. The molecule has 1 saturated heterocycles. The van der Waals surface area contributed by atoms with Gasteiger partial charge >= 0.3 is 5.97 Å². The second kappa shape index (κ2) is 6.41. The van der Waals surface area contributed by atoms with Crippen LogP contribution in [0.2, 0.25) is 0 Å². The lowest BCUT2D eigenvalue weighted by Gasteiger charge is -2.39. The van der Waals surface area contributed by atoms with Crippen molar-refractivity contribution >= 4 is 23.0 Å². The molecule has 132 valence electrons. The molecular formula is C18H25NO4S. The maximum atomic E-state index is 13.1. The van der Waals surface area contributed by atoms with Crippen molar-refractivity contribution in [1.82, 2.24) is 4.90 Å². The molecule has 1 heterocycles. The zero-order valence-corrected chi connectivity index (χ0v) is 15.9. The summed E-state index contributed by atoms with van der Waals surface area (Å²) in [5, 5.41) is -0.209. The van der Waals surface area contributed by atoms with Crippen LogP contribution in [-0.4, -0.2) is 41.1 Å². The van der Waals surface area contributed by atoms with Crippen LogP contribution in [0.15, 0.2) is 30.3 Å². The van der Waals surface area contributed by atoms with Crippen molar-refractivity contribution in [3.8, 4) is 0 Å². The first-order chi connectivity index (χ1) is 11.0. The van der Waals surface area contributed by atoms with Gasteiger partial charge in [0.15, 0.2) is 0 Å². The van der Waals surface area contributed by atoms with Crippen LogP contribution in [0.3, 0.4) is 0 Å². The minimum Gasteiger partial charge on any atom is -0.468 e. The molecule has 0 bridgehead atoms. The molecule has 1 aromatic rings. The van der Waals surface area contributed by atoms with Crippen molar-refractivity contribution in [1.29, 1.82) is 0 Å². The number of ether oxygens (including phenoxy) is 2. The number of hydrogen-bond donors (Lipinski definition) is 0.